The molecule has 5 nitrogen and oxygen atoms in total. The third-order valence-corrected chi connectivity index (χ3v) is 2.49. The van der Waals surface area contributed by atoms with Crippen LogP contribution in [0.3, 0.4) is 0 Å². The lowest BCUT2D eigenvalue weighted by Gasteiger charge is -2.13. The van der Waals surface area contributed by atoms with E-state index in [9.17, 15) is 14.4 Å². The van der Waals surface area contributed by atoms with Gasteiger partial charge in [0.15, 0.2) is 0 Å². The number of hydrogen-bond acceptors (Lipinski definition) is 3. The highest BCUT2D eigenvalue weighted by Gasteiger charge is 2.39. The number of Topliss-reactive ketones (excluding diaryl/α,β-unsaturated/α-hetero) is 1. The van der Waals surface area contributed by atoms with Crippen LogP contribution in [0.25, 0.3) is 0 Å². The number of amides is 3. The molecule has 0 atom stereocenters. The lowest BCUT2D eigenvalue weighted by atomic mass is 10.1. The van der Waals surface area contributed by atoms with Crippen LogP contribution in [0.5, 0.6) is 0 Å². The van der Waals surface area contributed by atoms with Gasteiger partial charge in [-0.1, -0.05) is 11.6 Å². The Morgan fingerprint density at radius 1 is 1.38 bits per heavy atom. The van der Waals surface area contributed by atoms with Gasteiger partial charge >= 0.3 is 11.9 Å². The van der Waals surface area contributed by atoms with Crippen LogP contribution in [0.2, 0.25) is 5.02 Å². The molecule has 1 aromatic rings. The Labute approximate surface area is 96.0 Å². The standard InChI is InChI=1S/C10H7ClN2O3/c1-12-10(16)13-7-3-2-5(11)4-6(7)8(14)9(13)15/h2-4H,1H3,(H,12,16). The van der Waals surface area contributed by atoms with Gasteiger partial charge in [-0.15, -0.1) is 0 Å². The fourth-order valence-corrected chi connectivity index (χ4v) is 1.70. The van der Waals surface area contributed by atoms with Crippen molar-refractivity contribution in [3.8, 4) is 0 Å². The molecule has 0 aromatic heterocycles. The van der Waals surface area contributed by atoms with E-state index in [0.717, 1.165) is 4.90 Å². The summed E-state index contributed by atoms with van der Waals surface area (Å²) in [5.41, 5.74) is 0.417. The zero-order valence-corrected chi connectivity index (χ0v) is 9.04. The maximum absolute atomic E-state index is 11.5. The number of benzene rings is 1. The largest absolute Gasteiger partial charge is 0.340 e. The molecule has 0 saturated carbocycles. The zero-order chi connectivity index (χ0) is 11.9. The van der Waals surface area contributed by atoms with Gasteiger partial charge in [-0.3, -0.25) is 9.59 Å². The van der Waals surface area contributed by atoms with Crippen LogP contribution >= 0.6 is 11.6 Å². The van der Waals surface area contributed by atoms with Gasteiger partial charge in [-0.25, -0.2) is 9.69 Å². The van der Waals surface area contributed by atoms with Crippen molar-refractivity contribution < 1.29 is 14.4 Å². The second kappa shape index (κ2) is 3.61. The summed E-state index contributed by atoms with van der Waals surface area (Å²) in [6.07, 6.45) is 0. The number of carbonyl (C=O) groups excluding carboxylic acids is 3. The molecule has 82 valence electrons. The molecule has 0 fully saturated rings. The predicted molar refractivity (Wildman–Crippen MR) is 57.7 cm³/mol. The minimum absolute atomic E-state index is 0.154. The number of hydrogen-bond donors (Lipinski definition) is 1. The van der Waals surface area contributed by atoms with E-state index in [0.29, 0.717) is 5.02 Å². The summed E-state index contributed by atoms with van der Waals surface area (Å²) in [5, 5.41) is 2.64. The van der Waals surface area contributed by atoms with Gasteiger partial charge in [-0.2, -0.15) is 0 Å². The van der Waals surface area contributed by atoms with Gasteiger partial charge in [0.2, 0.25) is 0 Å². The first-order chi connectivity index (χ1) is 7.56. The van der Waals surface area contributed by atoms with Gasteiger partial charge in [-0.05, 0) is 18.2 Å². The second-order valence-corrected chi connectivity index (χ2v) is 3.62. The van der Waals surface area contributed by atoms with Crippen LogP contribution in [0.15, 0.2) is 18.2 Å². The number of nitrogens with one attached hydrogen (secondary N) is 1. The van der Waals surface area contributed by atoms with Crippen LogP contribution in [0, 0.1) is 0 Å². The van der Waals surface area contributed by atoms with Crippen molar-refractivity contribution in [2.75, 3.05) is 11.9 Å². The lowest BCUT2D eigenvalue weighted by Crippen LogP contribution is -2.41. The molecule has 0 aliphatic carbocycles. The van der Waals surface area contributed by atoms with Crippen LogP contribution in [0.4, 0.5) is 10.5 Å². The minimum atomic E-state index is -0.864. The number of imide groups is 1. The third-order valence-electron chi connectivity index (χ3n) is 2.26. The number of fused-ring (bicyclic) bond motifs is 1. The fourth-order valence-electron chi connectivity index (χ4n) is 1.52. The first kappa shape index (κ1) is 10.6. The Bertz CT molecular complexity index is 513. The molecule has 6 heteroatoms. The van der Waals surface area contributed by atoms with E-state index in [1.807, 2.05) is 0 Å². The molecular formula is C10H7ClN2O3. The van der Waals surface area contributed by atoms with Crippen LogP contribution in [-0.4, -0.2) is 24.8 Å². The summed E-state index contributed by atoms with van der Waals surface area (Å²) >= 11 is 5.71. The SMILES string of the molecule is CNC(=O)N1C(=O)C(=O)c2cc(Cl)ccc21. The van der Waals surface area contributed by atoms with Crippen LogP contribution < -0.4 is 10.2 Å². The van der Waals surface area contributed by atoms with E-state index in [4.69, 9.17) is 11.6 Å². The number of ketones is 1. The molecule has 0 unspecified atom stereocenters. The molecule has 1 aromatic carbocycles. The first-order valence-corrected chi connectivity index (χ1v) is 4.84. The maximum Gasteiger partial charge on any atom is 0.328 e. The topological polar surface area (TPSA) is 66.5 Å². The highest BCUT2D eigenvalue weighted by atomic mass is 35.5. The number of nitrogens with zero attached hydrogens (tertiary/aromatic N) is 1. The highest BCUT2D eigenvalue weighted by Crippen LogP contribution is 2.31. The average Bonchev–Trinajstić information content (AvgIpc) is 2.52. The van der Waals surface area contributed by atoms with Crippen LogP contribution in [0.1, 0.15) is 10.4 Å². The Morgan fingerprint density at radius 3 is 2.69 bits per heavy atom. The highest BCUT2D eigenvalue weighted by molar-refractivity contribution is 6.56. The molecule has 1 aliphatic heterocycles. The lowest BCUT2D eigenvalue weighted by molar-refractivity contribution is -0.113. The number of halogens is 1. The van der Waals surface area contributed by atoms with Crippen molar-refractivity contribution in [3.05, 3.63) is 28.8 Å². The Balaban J connectivity index is 2.58. The van der Waals surface area contributed by atoms with Crippen molar-refractivity contribution in [1.82, 2.24) is 5.32 Å². The summed E-state index contributed by atoms with van der Waals surface area (Å²) in [6.45, 7) is 0. The van der Waals surface area contributed by atoms with E-state index in [-0.39, 0.29) is 11.3 Å². The molecule has 1 aliphatic rings. The summed E-state index contributed by atoms with van der Waals surface area (Å²) in [5.74, 6) is -1.59. The van der Waals surface area contributed by atoms with Crippen molar-refractivity contribution in [2.24, 2.45) is 0 Å². The Morgan fingerprint density at radius 2 is 2.06 bits per heavy atom. The quantitative estimate of drug-likeness (QED) is 0.691. The normalized spacial score (nSPS) is 14.0. The van der Waals surface area contributed by atoms with Crippen molar-refractivity contribution in [3.63, 3.8) is 0 Å². The summed E-state index contributed by atoms with van der Waals surface area (Å²) < 4.78 is 0. The molecule has 0 radical (unpaired) electrons. The summed E-state index contributed by atoms with van der Waals surface area (Å²) in [7, 11) is 1.38. The van der Waals surface area contributed by atoms with Gasteiger partial charge in [0, 0.05) is 12.1 Å². The number of urea groups is 1. The van der Waals surface area contributed by atoms with Crippen molar-refractivity contribution >= 4 is 35.0 Å². The van der Waals surface area contributed by atoms with E-state index >= 15 is 0 Å². The molecule has 1 N–H and O–H groups in total. The maximum atomic E-state index is 11.5. The molecule has 0 saturated heterocycles. The molecule has 0 spiro atoms. The van der Waals surface area contributed by atoms with Gasteiger partial charge < -0.3 is 5.32 Å². The number of rotatable bonds is 0. The van der Waals surface area contributed by atoms with E-state index in [1.54, 1.807) is 0 Å². The Kier molecular flexibility index (Phi) is 2.40. The van der Waals surface area contributed by atoms with Gasteiger partial charge in [0.25, 0.3) is 5.78 Å². The van der Waals surface area contributed by atoms with Crippen LogP contribution in [-0.2, 0) is 4.79 Å². The fraction of sp³-hybridized carbons (Fsp3) is 0.100. The van der Waals surface area contributed by atoms with E-state index < -0.39 is 17.7 Å². The van der Waals surface area contributed by atoms with Crippen molar-refractivity contribution in [2.45, 2.75) is 0 Å². The zero-order valence-electron chi connectivity index (χ0n) is 8.28. The average molecular weight is 239 g/mol. The summed E-state index contributed by atoms with van der Waals surface area (Å²) in [6, 6.07) is 3.72. The molecule has 16 heavy (non-hydrogen) atoms. The summed E-state index contributed by atoms with van der Waals surface area (Å²) in [4.78, 5) is 35.3. The molecule has 3 amide bonds. The van der Waals surface area contributed by atoms with Gasteiger partial charge in [0.1, 0.15) is 0 Å². The number of carbonyl (C=O) groups is 3. The van der Waals surface area contributed by atoms with Crippen molar-refractivity contribution in [1.29, 1.82) is 0 Å². The predicted octanol–water partition coefficient (Wildman–Crippen LogP) is 1.21. The molecule has 0 bridgehead atoms. The van der Waals surface area contributed by atoms with E-state index in [1.165, 1.54) is 25.2 Å². The minimum Gasteiger partial charge on any atom is -0.340 e. The Hall–Kier alpha value is -1.88. The van der Waals surface area contributed by atoms with E-state index in [2.05, 4.69) is 5.32 Å². The molecule has 2 rings (SSSR count). The number of anilines is 1. The third kappa shape index (κ3) is 1.37. The second-order valence-electron chi connectivity index (χ2n) is 3.19. The molecular weight excluding hydrogens is 232 g/mol. The molecule has 1 heterocycles. The first-order valence-electron chi connectivity index (χ1n) is 4.46. The smallest absolute Gasteiger partial charge is 0.328 e. The van der Waals surface area contributed by atoms with Gasteiger partial charge in [0.05, 0.1) is 11.3 Å². The monoisotopic (exact) mass is 238 g/mol.